The van der Waals surface area contributed by atoms with Crippen molar-refractivity contribution in [1.82, 2.24) is 5.32 Å². The minimum atomic E-state index is -0.497. The fraction of sp³-hybridized carbons (Fsp3) is 0.176. The molecule has 2 N–H and O–H groups in total. The number of halogens is 1. The van der Waals surface area contributed by atoms with Gasteiger partial charge in [-0.1, -0.05) is 18.2 Å². The highest BCUT2D eigenvalue weighted by Gasteiger charge is 2.09. The summed E-state index contributed by atoms with van der Waals surface area (Å²) in [5.41, 5.74) is 1.21. The molecule has 23 heavy (non-hydrogen) atoms. The number of hydrogen-bond acceptors (Lipinski definition) is 3. The lowest BCUT2D eigenvalue weighted by Gasteiger charge is -2.07. The van der Waals surface area contributed by atoms with E-state index in [1.54, 1.807) is 25.3 Å². The number of carbonyl (C=O) groups is 2. The number of rotatable bonds is 6. The molecule has 0 heterocycles. The Morgan fingerprint density at radius 3 is 2.48 bits per heavy atom. The lowest BCUT2D eigenvalue weighted by Crippen LogP contribution is -2.27. The molecule has 0 aliphatic rings. The van der Waals surface area contributed by atoms with Gasteiger partial charge in [-0.25, -0.2) is 4.39 Å². The van der Waals surface area contributed by atoms with Crippen molar-refractivity contribution in [1.29, 1.82) is 0 Å². The number of amides is 2. The first-order chi connectivity index (χ1) is 11.1. The van der Waals surface area contributed by atoms with E-state index in [9.17, 15) is 14.0 Å². The molecule has 2 aromatic rings. The Balaban J connectivity index is 1.78. The number of anilines is 1. The lowest BCUT2D eigenvalue weighted by atomic mass is 10.2. The monoisotopic (exact) mass is 316 g/mol. The van der Waals surface area contributed by atoms with Crippen molar-refractivity contribution in [3.8, 4) is 5.75 Å². The van der Waals surface area contributed by atoms with Gasteiger partial charge in [0.25, 0.3) is 0 Å². The quantitative estimate of drug-likeness (QED) is 0.805. The molecule has 2 aromatic carbocycles. The van der Waals surface area contributed by atoms with E-state index in [1.165, 1.54) is 18.2 Å². The summed E-state index contributed by atoms with van der Waals surface area (Å²) in [6.07, 6.45) is -0.327. The van der Waals surface area contributed by atoms with Gasteiger partial charge in [0.1, 0.15) is 18.0 Å². The molecule has 2 amide bonds. The third-order valence-electron chi connectivity index (χ3n) is 3.08. The maximum absolute atomic E-state index is 13.0. The van der Waals surface area contributed by atoms with Crippen LogP contribution in [0.4, 0.5) is 10.1 Å². The molecule has 0 aromatic heterocycles. The van der Waals surface area contributed by atoms with Crippen LogP contribution in [0.2, 0.25) is 0 Å². The van der Waals surface area contributed by atoms with Gasteiger partial charge in [0, 0.05) is 12.2 Å². The lowest BCUT2D eigenvalue weighted by molar-refractivity contribution is -0.126. The molecule has 0 aliphatic heterocycles. The molecular formula is C17H17FN2O3. The molecule has 6 heteroatoms. The molecule has 5 nitrogen and oxygen atoms in total. The zero-order valence-electron chi connectivity index (χ0n) is 12.6. The minimum Gasteiger partial charge on any atom is -0.497 e. The van der Waals surface area contributed by atoms with Crippen molar-refractivity contribution < 1.29 is 18.7 Å². The molecule has 0 bridgehead atoms. The van der Waals surface area contributed by atoms with Crippen LogP contribution in [0, 0.1) is 5.82 Å². The van der Waals surface area contributed by atoms with Crippen LogP contribution in [-0.4, -0.2) is 18.9 Å². The van der Waals surface area contributed by atoms with Crippen LogP contribution < -0.4 is 15.4 Å². The van der Waals surface area contributed by atoms with Gasteiger partial charge in [-0.3, -0.25) is 9.59 Å². The first-order valence-electron chi connectivity index (χ1n) is 7.02. The highest BCUT2D eigenvalue weighted by Crippen LogP contribution is 2.11. The second-order valence-corrected chi connectivity index (χ2v) is 4.86. The van der Waals surface area contributed by atoms with E-state index in [4.69, 9.17) is 4.74 Å². The largest absolute Gasteiger partial charge is 0.497 e. The minimum absolute atomic E-state index is 0.316. The van der Waals surface area contributed by atoms with Gasteiger partial charge in [0.05, 0.1) is 7.11 Å². The predicted octanol–water partition coefficient (Wildman–Crippen LogP) is 2.48. The molecule has 0 radical (unpaired) electrons. The summed E-state index contributed by atoms with van der Waals surface area (Å²) in [5.74, 6) is -0.626. The van der Waals surface area contributed by atoms with Gasteiger partial charge in [-0.05, 0) is 35.9 Å². The van der Waals surface area contributed by atoms with Crippen LogP contribution in [0.5, 0.6) is 5.75 Å². The zero-order chi connectivity index (χ0) is 16.7. The van der Waals surface area contributed by atoms with E-state index in [0.29, 0.717) is 12.2 Å². The molecule has 0 saturated heterocycles. The fourth-order valence-electron chi connectivity index (χ4n) is 1.92. The van der Waals surface area contributed by atoms with Crippen molar-refractivity contribution >= 4 is 17.5 Å². The van der Waals surface area contributed by atoms with Gasteiger partial charge < -0.3 is 15.4 Å². The predicted molar refractivity (Wildman–Crippen MR) is 84.5 cm³/mol. The summed E-state index contributed by atoms with van der Waals surface area (Å²) in [5, 5.41) is 5.12. The Labute approximate surface area is 133 Å². The molecule has 0 saturated carbocycles. The van der Waals surface area contributed by atoms with E-state index in [2.05, 4.69) is 10.6 Å². The van der Waals surface area contributed by atoms with Crippen LogP contribution in [0.1, 0.15) is 12.0 Å². The van der Waals surface area contributed by atoms with E-state index in [0.717, 1.165) is 11.3 Å². The average molecular weight is 316 g/mol. The second-order valence-electron chi connectivity index (χ2n) is 4.86. The van der Waals surface area contributed by atoms with Crippen molar-refractivity contribution in [2.45, 2.75) is 13.0 Å². The highest BCUT2D eigenvalue weighted by atomic mass is 19.1. The van der Waals surface area contributed by atoms with Gasteiger partial charge >= 0.3 is 0 Å². The Kier molecular flexibility index (Phi) is 5.68. The number of methoxy groups -OCH3 is 1. The van der Waals surface area contributed by atoms with Crippen LogP contribution in [0.15, 0.2) is 48.5 Å². The number of carbonyl (C=O) groups excluding carboxylic acids is 2. The number of benzene rings is 2. The molecule has 2 rings (SSSR count). The number of ether oxygens (including phenoxy) is 1. The normalized spacial score (nSPS) is 10.0. The fourth-order valence-corrected chi connectivity index (χ4v) is 1.92. The number of nitrogens with one attached hydrogen (secondary N) is 2. The summed E-state index contributed by atoms with van der Waals surface area (Å²) < 4.78 is 18.0. The van der Waals surface area contributed by atoms with Gasteiger partial charge in [-0.15, -0.1) is 0 Å². The summed E-state index contributed by atoms with van der Waals surface area (Å²) in [6, 6.07) is 12.7. The first kappa shape index (κ1) is 16.5. The molecular weight excluding hydrogens is 299 g/mol. The molecule has 0 fully saturated rings. The Hall–Kier alpha value is -2.89. The van der Waals surface area contributed by atoms with Crippen LogP contribution >= 0.6 is 0 Å². The van der Waals surface area contributed by atoms with Crippen LogP contribution in [0.25, 0.3) is 0 Å². The van der Waals surface area contributed by atoms with E-state index < -0.39 is 17.6 Å². The molecule has 0 aliphatic carbocycles. The Bertz CT molecular complexity index is 686. The van der Waals surface area contributed by atoms with Gasteiger partial charge in [0.2, 0.25) is 11.8 Å². The van der Waals surface area contributed by atoms with Crippen LogP contribution in [0.3, 0.4) is 0 Å². The first-order valence-corrected chi connectivity index (χ1v) is 7.02. The molecule has 0 spiro atoms. The second kappa shape index (κ2) is 7.93. The standard InChI is InChI=1S/C17H17FN2O3/c1-23-15-7-5-12(6-8-15)11-19-16(21)10-17(22)20-14-4-2-3-13(18)9-14/h2-9H,10-11H2,1H3,(H,19,21)(H,20,22). The maximum atomic E-state index is 13.0. The van der Waals surface area contributed by atoms with Crippen molar-refractivity contribution in [2.24, 2.45) is 0 Å². The third-order valence-corrected chi connectivity index (χ3v) is 3.08. The average Bonchev–Trinajstić information content (AvgIpc) is 2.53. The Morgan fingerprint density at radius 1 is 1.09 bits per heavy atom. The van der Waals surface area contributed by atoms with Crippen molar-refractivity contribution in [3.63, 3.8) is 0 Å². The van der Waals surface area contributed by atoms with E-state index in [-0.39, 0.29) is 6.42 Å². The van der Waals surface area contributed by atoms with Crippen molar-refractivity contribution in [2.75, 3.05) is 12.4 Å². The molecule has 0 unspecified atom stereocenters. The highest BCUT2D eigenvalue weighted by molar-refractivity contribution is 6.03. The summed E-state index contributed by atoms with van der Waals surface area (Å²) in [6.45, 7) is 0.316. The van der Waals surface area contributed by atoms with E-state index >= 15 is 0 Å². The Morgan fingerprint density at radius 2 is 1.83 bits per heavy atom. The van der Waals surface area contributed by atoms with Gasteiger partial charge in [-0.2, -0.15) is 0 Å². The maximum Gasteiger partial charge on any atom is 0.233 e. The van der Waals surface area contributed by atoms with E-state index in [1.807, 2.05) is 12.1 Å². The summed E-state index contributed by atoms with van der Waals surface area (Å²) >= 11 is 0. The molecule has 0 atom stereocenters. The van der Waals surface area contributed by atoms with Gasteiger partial charge in [0.15, 0.2) is 0 Å². The van der Waals surface area contributed by atoms with Crippen molar-refractivity contribution in [3.05, 3.63) is 59.9 Å². The summed E-state index contributed by atoms with van der Waals surface area (Å²) in [7, 11) is 1.58. The smallest absolute Gasteiger partial charge is 0.233 e. The van der Waals surface area contributed by atoms with Crippen LogP contribution in [-0.2, 0) is 16.1 Å². The topological polar surface area (TPSA) is 67.4 Å². The summed E-state index contributed by atoms with van der Waals surface area (Å²) in [4.78, 5) is 23.5. The molecule has 120 valence electrons. The SMILES string of the molecule is COc1ccc(CNC(=O)CC(=O)Nc2cccc(F)c2)cc1. The zero-order valence-corrected chi connectivity index (χ0v) is 12.6. The third kappa shape index (κ3) is 5.43. The number of hydrogen-bond donors (Lipinski definition) is 2.